The van der Waals surface area contributed by atoms with Crippen LogP contribution in [0.2, 0.25) is 0 Å². The molecule has 1 unspecified atom stereocenters. The zero-order chi connectivity index (χ0) is 14.9. The zero-order valence-electron chi connectivity index (χ0n) is 10.3. The van der Waals surface area contributed by atoms with Crippen molar-refractivity contribution in [2.45, 2.75) is 12.2 Å². The first-order valence-corrected chi connectivity index (χ1v) is 7.33. The summed E-state index contributed by atoms with van der Waals surface area (Å²) < 4.78 is 53.2. The van der Waals surface area contributed by atoms with Gasteiger partial charge in [-0.15, -0.1) is 0 Å². The highest BCUT2D eigenvalue weighted by molar-refractivity contribution is 9.10. The molecule has 0 aliphatic carbocycles. The zero-order valence-corrected chi connectivity index (χ0v) is 12.7. The van der Waals surface area contributed by atoms with E-state index < -0.39 is 23.6 Å². The van der Waals surface area contributed by atoms with Crippen molar-refractivity contribution >= 4 is 27.3 Å². The van der Waals surface area contributed by atoms with Crippen LogP contribution in [0.3, 0.4) is 0 Å². The van der Waals surface area contributed by atoms with Crippen molar-refractivity contribution in [2.75, 3.05) is 7.05 Å². The predicted octanol–water partition coefficient (Wildman–Crippen LogP) is 4.98. The van der Waals surface area contributed by atoms with E-state index in [1.54, 1.807) is 17.8 Å². The lowest BCUT2D eigenvalue weighted by molar-refractivity contribution is -0.138. The molecular weight excluding hydrogens is 358 g/mol. The van der Waals surface area contributed by atoms with Crippen LogP contribution in [0.1, 0.15) is 22.7 Å². The third-order valence-electron chi connectivity index (χ3n) is 2.87. The van der Waals surface area contributed by atoms with Gasteiger partial charge in [-0.1, -0.05) is 0 Å². The van der Waals surface area contributed by atoms with Gasteiger partial charge in [-0.25, -0.2) is 4.39 Å². The summed E-state index contributed by atoms with van der Waals surface area (Å²) in [6.45, 7) is 0. The van der Waals surface area contributed by atoms with Gasteiger partial charge < -0.3 is 5.32 Å². The average Bonchev–Trinajstić information content (AvgIpc) is 2.75. The summed E-state index contributed by atoms with van der Waals surface area (Å²) >= 11 is 4.65. The van der Waals surface area contributed by atoms with Gasteiger partial charge in [-0.3, -0.25) is 0 Å². The van der Waals surface area contributed by atoms with Gasteiger partial charge in [-0.05, 0) is 57.7 Å². The molecule has 0 saturated heterocycles. The Labute approximate surface area is 125 Å². The fourth-order valence-corrected chi connectivity index (χ4v) is 3.56. The summed E-state index contributed by atoms with van der Waals surface area (Å²) in [5.41, 5.74) is -0.316. The van der Waals surface area contributed by atoms with Crippen LogP contribution in [0.5, 0.6) is 0 Å². The molecule has 1 nitrogen and oxygen atoms in total. The number of hydrogen-bond donors (Lipinski definition) is 1. The lowest BCUT2D eigenvalue weighted by Gasteiger charge is -2.21. The monoisotopic (exact) mass is 367 g/mol. The Kier molecular flexibility index (Phi) is 4.51. The molecule has 1 heterocycles. The van der Waals surface area contributed by atoms with Gasteiger partial charge >= 0.3 is 6.18 Å². The van der Waals surface area contributed by atoms with Crippen LogP contribution >= 0.6 is 27.3 Å². The first-order valence-electron chi connectivity index (χ1n) is 5.60. The Morgan fingerprint density at radius 1 is 1.20 bits per heavy atom. The maximum Gasteiger partial charge on any atom is 0.416 e. The van der Waals surface area contributed by atoms with Crippen molar-refractivity contribution in [1.82, 2.24) is 5.32 Å². The topological polar surface area (TPSA) is 12.0 Å². The molecule has 0 amide bonds. The number of halogens is 5. The van der Waals surface area contributed by atoms with E-state index in [0.717, 1.165) is 18.2 Å². The molecule has 0 spiro atoms. The minimum absolute atomic E-state index is 0.126. The van der Waals surface area contributed by atoms with Gasteiger partial charge in [0, 0.05) is 9.85 Å². The van der Waals surface area contributed by atoms with E-state index in [1.807, 2.05) is 0 Å². The third kappa shape index (κ3) is 3.05. The van der Waals surface area contributed by atoms with Crippen molar-refractivity contribution in [3.63, 3.8) is 0 Å². The van der Waals surface area contributed by atoms with Crippen molar-refractivity contribution in [1.29, 1.82) is 0 Å². The molecule has 0 aliphatic rings. The van der Waals surface area contributed by atoms with Crippen molar-refractivity contribution in [3.05, 3.63) is 55.9 Å². The molecule has 1 atom stereocenters. The van der Waals surface area contributed by atoms with Crippen LogP contribution in [0.25, 0.3) is 0 Å². The molecule has 7 heteroatoms. The average molecular weight is 368 g/mol. The molecule has 0 bridgehead atoms. The molecule has 2 rings (SSSR count). The van der Waals surface area contributed by atoms with E-state index in [9.17, 15) is 17.6 Å². The number of rotatable bonds is 3. The van der Waals surface area contributed by atoms with Crippen LogP contribution in [-0.4, -0.2) is 7.05 Å². The third-order valence-corrected chi connectivity index (χ3v) is 4.62. The van der Waals surface area contributed by atoms with Gasteiger partial charge in [0.2, 0.25) is 0 Å². The molecule has 108 valence electrons. The van der Waals surface area contributed by atoms with Crippen LogP contribution in [0.15, 0.2) is 33.4 Å². The van der Waals surface area contributed by atoms with Gasteiger partial charge in [-0.2, -0.15) is 24.5 Å². The highest BCUT2D eigenvalue weighted by Crippen LogP contribution is 2.39. The maximum atomic E-state index is 13.4. The fourth-order valence-electron chi connectivity index (χ4n) is 2.01. The van der Waals surface area contributed by atoms with Crippen molar-refractivity contribution in [3.8, 4) is 0 Å². The second kappa shape index (κ2) is 5.83. The molecule has 0 fully saturated rings. The fraction of sp³-hybridized carbons (Fsp3) is 0.231. The lowest BCUT2D eigenvalue weighted by atomic mass is 9.95. The Hall–Kier alpha value is -0.920. The Balaban J connectivity index is 2.60. The van der Waals surface area contributed by atoms with Crippen LogP contribution in [0.4, 0.5) is 17.6 Å². The second-order valence-electron chi connectivity index (χ2n) is 4.13. The van der Waals surface area contributed by atoms with Crippen LogP contribution < -0.4 is 5.32 Å². The first-order chi connectivity index (χ1) is 9.34. The largest absolute Gasteiger partial charge is 0.416 e. The Bertz CT molecular complexity index is 609. The van der Waals surface area contributed by atoms with Gasteiger partial charge in [0.15, 0.2) is 0 Å². The Morgan fingerprint density at radius 3 is 2.40 bits per heavy atom. The van der Waals surface area contributed by atoms with E-state index in [-0.39, 0.29) is 5.56 Å². The molecule has 0 saturated carbocycles. The van der Waals surface area contributed by atoms with E-state index in [4.69, 9.17) is 0 Å². The SMILES string of the molecule is CNC(c1cscc1Br)c1cc(F)ccc1C(F)(F)F. The summed E-state index contributed by atoms with van der Waals surface area (Å²) in [5, 5.41) is 6.31. The molecule has 0 aliphatic heterocycles. The van der Waals surface area contributed by atoms with Gasteiger partial charge in [0.05, 0.1) is 11.6 Å². The van der Waals surface area contributed by atoms with E-state index in [2.05, 4.69) is 21.2 Å². The number of nitrogens with one attached hydrogen (secondary N) is 1. The van der Waals surface area contributed by atoms with Gasteiger partial charge in [0.1, 0.15) is 5.82 Å². The maximum absolute atomic E-state index is 13.4. The van der Waals surface area contributed by atoms with E-state index >= 15 is 0 Å². The van der Waals surface area contributed by atoms with Gasteiger partial charge in [0.25, 0.3) is 0 Å². The highest BCUT2D eigenvalue weighted by atomic mass is 79.9. The molecule has 1 aromatic heterocycles. The molecule has 20 heavy (non-hydrogen) atoms. The van der Waals surface area contributed by atoms with Crippen molar-refractivity contribution < 1.29 is 17.6 Å². The first kappa shape index (κ1) is 15.5. The molecule has 1 aromatic carbocycles. The standard InChI is InChI=1S/C13H10BrF4NS/c1-19-12(9-5-20-6-11(9)14)8-4-7(15)2-3-10(8)13(16,17)18/h2-6,12,19H,1H3. The summed E-state index contributed by atoms with van der Waals surface area (Å²) in [7, 11) is 1.54. The van der Waals surface area contributed by atoms with Crippen LogP contribution in [0, 0.1) is 5.82 Å². The Morgan fingerprint density at radius 2 is 1.90 bits per heavy atom. The van der Waals surface area contributed by atoms with Crippen LogP contribution in [-0.2, 0) is 6.18 Å². The number of alkyl halides is 3. The summed E-state index contributed by atoms with van der Waals surface area (Å²) in [5.74, 6) is -0.695. The summed E-state index contributed by atoms with van der Waals surface area (Å²) in [6.07, 6.45) is -4.53. The molecule has 2 aromatic rings. The summed E-state index contributed by atoms with van der Waals surface area (Å²) in [4.78, 5) is 0. The normalized spacial score (nSPS) is 13.5. The molecule has 0 radical (unpaired) electrons. The number of thiophene rings is 1. The quantitative estimate of drug-likeness (QED) is 0.754. The summed E-state index contributed by atoms with van der Waals surface area (Å²) in [6, 6.07) is 1.79. The second-order valence-corrected chi connectivity index (χ2v) is 5.72. The minimum Gasteiger partial charge on any atom is -0.309 e. The lowest BCUT2D eigenvalue weighted by Crippen LogP contribution is -2.22. The predicted molar refractivity (Wildman–Crippen MR) is 74.3 cm³/mol. The number of benzene rings is 1. The molecule has 1 N–H and O–H groups in total. The molecular formula is C13H10BrF4NS. The minimum atomic E-state index is -4.53. The smallest absolute Gasteiger partial charge is 0.309 e. The van der Waals surface area contributed by atoms with E-state index in [1.165, 1.54) is 11.3 Å². The van der Waals surface area contributed by atoms with E-state index in [0.29, 0.717) is 10.0 Å². The highest BCUT2D eigenvalue weighted by Gasteiger charge is 2.36. The number of hydrogen-bond acceptors (Lipinski definition) is 2. The van der Waals surface area contributed by atoms with Crippen molar-refractivity contribution in [2.24, 2.45) is 0 Å².